The fourth-order valence-electron chi connectivity index (χ4n) is 1.38. The van der Waals surface area contributed by atoms with Crippen LogP contribution >= 0.6 is 15.9 Å². The molecular formula is C10H10BrFN4O2S. The second-order valence-corrected chi connectivity index (χ2v) is 6.32. The highest BCUT2D eigenvalue weighted by Crippen LogP contribution is 2.26. The van der Waals surface area contributed by atoms with Crippen molar-refractivity contribution in [3.8, 4) is 0 Å². The maximum absolute atomic E-state index is 13.2. The number of nitrogen functional groups attached to an aromatic ring is 1. The van der Waals surface area contributed by atoms with Gasteiger partial charge in [-0.2, -0.15) is 5.10 Å². The molecule has 0 spiro atoms. The van der Waals surface area contributed by atoms with Crippen molar-refractivity contribution in [1.29, 1.82) is 0 Å². The number of nitrogens with one attached hydrogen (secondary N) is 2. The maximum Gasteiger partial charge on any atom is 0.242 e. The lowest BCUT2D eigenvalue weighted by Gasteiger charge is -2.09. The van der Waals surface area contributed by atoms with Gasteiger partial charge < -0.3 is 5.73 Å². The summed E-state index contributed by atoms with van der Waals surface area (Å²) in [6.07, 6.45) is 3.06. The summed E-state index contributed by atoms with van der Waals surface area (Å²) in [5.41, 5.74) is 5.82. The average molecular weight is 349 g/mol. The Kier molecular flexibility index (Phi) is 3.88. The lowest BCUT2D eigenvalue weighted by Crippen LogP contribution is -2.23. The number of H-pyrrole nitrogens is 1. The van der Waals surface area contributed by atoms with Crippen LogP contribution in [0.15, 0.2) is 33.9 Å². The lowest BCUT2D eigenvalue weighted by molar-refractivity contribution is 0.580. The van der Waals surface area contributed by atoms with Gasteiger partial charge in [0.25, 0.3) is 0 Å². The normalized spacial score (nSPS) is 11.7. The first-order valence-corrected chi connectivity index (χ1v) is 7.39. The van der Waals surface area contributed by atoms with Gasteiger partial charge in [-0.3, -0.25) is 5.10 Å². The topological polar surface area (TPSA) is 101 Å². The van der Waals surface area contributed by atoms with E-state index in [9.17, 15) is 12.8 Å². The summed E-state index contributed by atoms with van der Waals surface area (Å²) in [4.78, 5) is -0.116. The van der Waals surface area contributed by atoms with Gasteiger partial charge in [0.15, 0.2) is 0 Å². The molecule has 4 N–H and O–H groups in total. The van der Waals surface area contributed by atoms with E-state index in [1.807, 2.05) is 0 Å². The van der Waals surface area contributed by atoms with E-state index in [2.05, 4.69) is 30.8 Å². The number of aromatic nitrogens is 2. The minimum Gasteiger partial charge on any atom is -0.396 e. The molecule has 0 unspecified atom stereocenters. The third kappa shape index (κ3) is 3.11. The summed E-state index contributed by atoms with van der Waals surface area (Å²) in [5, 5.41) is 6.27. The zero-order valence-corrected chi connectivity index (χ0v) is 11.9. The van der Waals surface area contributed by atoms with E-state index < -0.39 is 15.8 Å². The Hall–Kier alpha value is -1.45. The molecule has 1 heterocycles. The van der Waals surface area contributed by atoms with Crippen LogP contribution in [0.4, 0.5) is 10.1 Å². The third-order valence-electron chi connectivity index (χ3n) is 2.36. The van der Waals surface area contributed by atoms with Gasteiger partial charge in [-0.05, 0) is 28.1 Å². The van der Waals surface area contributed by atoms with Crippen molar-refractivity contribution in [1.82, 2.24) is 14.9 Å². The molecule has 9 heteroatoms. The zero-order chi connectivity index (χ0) is 14.0. The monoisotopic (exact) mass is 348 g/mol. The molecule has 6 nitrogen and oxygen atoms in total. The number of halogens is 2. The molecule has 1 aromatic heterocycles. The molecule has 19 heavy (non-hydrogen) atoms. The van der Waals surface area contributed by atoms with Crippen LogP contribution < -0.4 is 10.5 Å². The molecule has 102 valence electrons. The Bertz CT molecular complexity index is 688. The second kappa shape index (κ2) is 5.27. The van der Waals surface area contributed by atoms with E-state index in [4.69, 9.17) is 5.73 Å². The Morgan fingerprint density at radius 2 is 2.21 bits per heavy atom. The van der Waals surface area contributed by atoms with Gasteiger partial charge in [-0.15, -0.1) is 0 Å². The third-order valence-corrected chi connectivity index (χ3v) is 4.72. The second-order valence-electron chi connectivity index (χ2n) is 3.74. The van der Waals surface area contributed by atoms with Crippen LogP contribution in [0.1, 0.15) is 5.56 Å². The molecule has 2 aromatic rings. The van der Waals surface area contributed by atoms with Gasteiger partial charge >= 0.3 is 0 Å². The van der Waals surface area contributed by atoms with E-state index in [0.717, 1.165) is 12.1 Å². The number of aromatic amines is 1. The summed E-state index contributed by atoms with van der Waals surface area (Å²) in [5.74, 6) is -0.680. The molecule has 0 saturated heterocycles. The van der Waals surface area contributed by atoms with Crippen molar-refractivity contribution in [2.24, 2.45) is 0 Å². The van der Waals surface area contributed by atoms with Crippen molar-refractivity contribution in [2.45, 2.75) is 11.4 Å². The van der Waals surface area contributed by atoms with Crippen molar-refractivity contribution in [3.05, 3.63) is 40.4 Å². The van der Waals surface area contributed by atoms with E-state index in [0.29, 0.717) is 5.56 Å². The predicted octanol–water partition coefficient (Wildman–Crippen LogP) is 1.37. The first-order chi connectivity index (χ1) is 8.90. The number of hydrogen-bond donors (Lipinski definition) is 3. The highest BCUT2D eigenvalue weighted by molar-refractivity contribution is 9.10. The molecule has 0 radical (unpaired) electrons. The highest BCUT2D eigenvalue weighted by atomic mass is 79.9. The van der Waals surface area contributed by atoms with Crippen LogP contribution in [0, 0.1) is 5.82 Å². The number of benzene rings is 1. The molecule has 0 amide bonds. The van der Waals surface area contributed by atoms with Gasteiger partial charge in [0.05, 0.1) is 16.8 Å². The van der Waals surface area contributed by atoms with Crippen LogP contribution in [0.25, 0.3) is 0 Å². The largest absolute Gasteiger partial charge is 0.396 e. The number of hydrogen-bond acceptors (Lipinski definition) is 4. The lowest BCUT2D eigenvalue weighted by atomic mass is 10.3. The van der Waals surface area contributed by atoms with Gasteiger partial charge in [-0.25, -0.2) is 17.5 Å². The molecule has 0 saturated carbocycles. The van der Waals surface area contributed by atoms with Gasteiger partial charge in [0.1, 0.15) is 5.82 Å². The number of anilines is 1. The Labute approximate surface area is 117 Å². The standard InChI is InChI=1S/C10H10BrFN4O2S/c11-7-1-8(12)9(13)2-10(7)19(17,18)16-5-6-3-14-15-4-6/h1-4,16H,5,13H2,(H,14,15). The Morgan fingerprint density at radius 3 is 2.84 bits per heavy atom. The van der Waals surface area contributed by atoms with Gasteiger partial charge in [-0.1, -0.05) is 0 Å². The van der Waals surface area contributed by atoms with Crippen molar-refractivity contribution in [2.75, 3.05) is 5.73 Å². The fraction of sp³-hybridized carbons (Fsp3) is 0.100. The molecular weight excluding hydrogens is 339 g/mol. The summed E-state index contributed by atoms with van der Waals surface area (Å²) in [7, 11) is -3.79. The first kappa shape index (κ1) is 14.0. The van der Waals surface area contributed by atoms with Gasteiger partial charge in [0.2, 0.25) is 10.0 Å². The van der Waals surface area contributed by atoms with Crippen molar-refractivity contribution >= 4 is 31.6 Å². The van der Waals surface area contributed by atoms with Crippen LogP contribution in [0.3, 0.4) is 0 Å². The highest BCUT2D eigenvalue weighted by Gasteiger charge is 2.19. The van der Waals surface area contributed by atoms with Crippen LogP contribution in [-0.2, 0) is 16.6 Å². The number of rotatable bonds is 4. The van der Waals surface area contributed by atoms with E-state index >= 15 is 0 Å². The molecule has 0 aliphatic carbocycles. The predicted molar refractivity (Wildman–Crippen MR) is 71.1 cm³/mol. The molecule has 0 bridgehead atoms. The molecule has 0 fully saturated rings. The Morgan fingerprint density at radius 1 is 1.47 bits per heavy atom. The summed E-state index contributed by atoms with van der Waals surface area (Å²) in [6.45, 7) is 0.0720. The zero-order valence-electron chi connectivity index (χ0n) is 9.52. The minimum atomic E-state index is -3.79. The molecule has 0 aliphatic rings. The SMILES string of the molecule is Nc1cc(S(=O)(=O)NCc2cn[nH]c2)c(Br)cc1F. The van der Waals surface area contributed by atoms with Crippen LogP contribution in [0.2, 0.25) is 0 Å². The first-order valence-electron chi connectivity index (χ1n) is 5.12. The number of nitrogens with zero attached hydrogens (tertiary/aromatic N) is 1. The molecule has 1 aromatic carbocycles. The molecule has 2 rings (SSSR count). The van der Waals surface area contributed by atoms with Crippen LogP contribution in [-0.4, -0.2) is 18.6 Å². The quantitative estimate of drug-likeness (QED) is 0.726. The van der Waals surface area contributed by atoms with Crippen molar-refractivity contribution in [3.63, 3.8) is 0 Å². The smallest absolute Gasteiger partial charge is 0.242 e. The van der Waals surface area contributed by atoms with Crippen molar-refractivity contribution < 1.29 is 12.8 Å². The van der Waals surface area contributed by atoms with Gasteiger partial charge in [0, 0.05) is 22.8 Å². The van der Waals surface area contributed by atoms with Crippen LogP contribution in [0.5, 0.6) is 0 Å². The fourth-order valence-corrected chi connectivity index (χ4v) is 3.45. The number of sulfonamides is 1. The summed E-state index contributed by atoms with van der Waals surface area (Å²) >= 11 is 3.00. The minimum absolute atomic E-state index is 0.0720. The average Bonchev–Trinajstić information content (AvgIpc) is 2.84. The molecule has 0 aliphatic heterocycles. The maximum atomic E-state index is 13.2. The van der Waals surface area contributed by atoms with E-state index in [1.165, 1.54) is 6.20 Å². The Balaban J connectivity index is 2.27. The van der Waals surface area contributed by atoms with E-state index in [-0.39, 0.29) is 21.6 Å². The summed E-state index contributed by atoms with van der Waals surface area (Å²) in [6, 6.07) is 2.08. The number of nitrogens with two attached hydrogens (primary N) is 1. The molecule has 0 atom stereocenters. The van der Waals surface area contributed by atoms with E-state index in [1.54, 1.807) is 6.20 Å². The summed E-state index contributed by atoms with van der Waals surface area (Å²) < 4.78 is 39.8.